The Hall–Kier alpha value is -3.20. The standard InChI is InChI=1S/C28H34N4O3S/c1-35-17-6-12-29-28(34)25-19-23(30-27(33)20-24-9-5-18-36-24)10-11-26(25)32-15-13-31(14-16-32)21-22-7-3-2-4-8-22/h2-5,7-11,18-19H,6,12-17,20-21H2,1H3,(H,29,34)(H,30,33). The lowest BCUT2D eigenvalue weighted by molar-refractivity contribution is -0.115. The van der Waals surface area contributed by atoms with Crippen molar-refractivity contribution >= 4 is 34.5 Å². The van der Waals surface area contributed by atoms with Crippen molar-refractivity contribution in [2.75, 3.05) is 56.7 Å². The highest BCUT2D eigenvalue weighted by atomic mass is 32.1. The van der Waals surface area contributed by atoms with E-state index in [0.717, 1.165) is 49.7 Å². The van der Waals surface area contributed by atoms with E-state index in [1.54, 1.807) is 24.5 Å². The number of benzene rings is 2. The van der Waals surface area contributed by atoms with Crippen molar-refractivity contribution < 1.29 is 14.3 Å². The zero-order chi connectivity index (χ0) is 25.2. The van der Waals surface area contributed by atoms with Crippen LogP contribution < -0.4 is 15.5 Å². The number of hydrogen-bond acceptors (Lipinski definition) is 6. The number of carbonyl (C=O) groups excluding carboxylic acids is 2. The van der Waals surface area contributed by atoms with Crippen molar-refractivity contribution in [1.29, 1.82) is 0 Å². The molecule has 7 nitrogen and oxygen atoms in total. The third-order valence-corrected chi connectivity index (χ3v) is 7.09. The van der Waals surface area contributed by atoms with Crippen LogP contribution in [0.15, 0.2) is 66.0 Å². The Morgan fingerprint density at radius 2 is 1.81 bits per heavy atom. The average molecular weight is 507 g/mol. The number of nitrogens with one attached hydrogen (secondary N) is 2. The molecule has 0 spiro atoms. The summed E-state index contributed by atoms with van der Waals surface area (Å²) in [5, 5.41) is 7.92. The number of ether oxygens (including phenoxy) is 1. The molecule has 1 saturated heterocycles. The van der Waals surface area contributed by atoms with Crippen LogP contribution in [0.25, 0.3) is 0 Å². The van der Waals surface area contributed by atoms with Gasteiger partial charge in [0.1, 0.15) is 0 Å². The smallest absolute Gasteiger partial charge is 0.253 e. The molecule has 0 aliphatic carbocycles. The van der Waals surface area contributed by atoms with Gasteiger partial charge in [-0.15, -0.1) is 11.3 Å². The van der Waals surface area contributed by atoms with Crippen molar-refractivity contribution in [3.63, 3.8) is 0 Å². The van der Waals surface area contributed by atoms with E-state index in [1.807, 2.05) is 35.7 Å². The summed E-state index contributed by atoms with van der Waals surface area (Å²) in [7, 11) is 1.65. The van der Waals surface area contributed by atoms with Gasteiger partial charge in [0.25, 0.3) is 5.91 Å². The molecule has 2 N–H and O–H groups in total. The van der Waals surface area contributed by atoms with Gasteiger partial charge in [-0.2, -0.15) is 0 Å². The molecule has 1 aliphatic rings. The van der Waals surface area contributed by atoms with Crippen LogP contribution in [0.3, 0.4) is 0 Å². The minimum atomic E-state index is -0.137. The molecule has 0 atom stereocenters. The first-order valence-electron chi connectivity index (χ1n) is 12.4. The third-order valence-electron chi connectivity index (χ3n) is 6.21. The van der Waals surface area contributed by atoms with Gasteiger partial charge in [-0.25, -0.2) is 0 Å². The third kappa shape index (κ3) is 7.40. The first-order valence-corrected chi connectivity index (χ1v) is 13.2. The van der Waals surface area contributed by atoms with Gasteiger partial charge in [0, 0.05) is 69.2 Å². The van der Waals surface area contributed by atoms with Gasteiger partial charge in [0.15, 0.2) is 0 Å². The molecule has 1 fully saturated rings. The maximum Gasteiger partial charge on any atom is 0.253 e. The van der Waals surface area contributed by atoms with Gasteiger partial charge in [-0.05, 0) is 41.6 Å². The molecule has 36 heavy (non-hydrogen) atoms. The number of nitrogens with zero attached hydrogens (tertiary/aromatic N) is 2. The number of carbonyl (C=O) groups is 2. The Morgan fingerprint density at radius 1 is 1.00 bits per heavy atom. The van der Waals surface area contributed by atoms with E-state index in [9.17, 15) is 9.59 Å². The van der Waals surface area contributed by atoms with Gasteiger partial charge in [0.05, 0.1) is 12.0 Å². The summed E-state index contributed by atoms with van der Waals surface area (Å²) in [4.78, 5) is 31.4. The van der Waals surface area contributed by atoms with Crippen LogP contribution in [-0.2, 0) is 22.5 Å². The summed E-state index contributed by atoms with van der Waals surface area (Å²) in [6.45, 7) is 5.56. The predicted molar refractivity (Wildman–Crippen MR) is 146 cm³/mol. The summed E-state index contributed by atoms with van der Waals surface area (Å²) in [5.41, 5.74) is 3.42. The van der Waals surface area contributed by atoms with Crippen LogP contribution in [0, 0.1) is 0 Å². The van der Waals surface area contributed by atoms with E-state index < -0.39 is 0 Å². The van der Waals surface area contributed by atoms with E-state index in [0.29, 0.717) is 30.8 Å². The van der Waals surface area contributed by atoms with Crippen LogP contribution in [0.5, 0.6) is 0 Å². The van der Waals surface area contributed by atoms with E-state index in [1.165, 1.54) is 5.56 Å². The molecule has 190 valence electrons. The summed E-state index contributed by atoms with van der Waals surface area (Å²) in [6, 6.07) is 20.0. The first kappa shape index (κ1) is 25.9. The number of methoxy groups -OCH3 is 1. The second-order valence-electron chi connectivity index (χ2n) is 8.89. The Bertz CT molecular complexity index is 1110. The number of hydrogen-bond donors (Lipinski definition) is 2. The molecule has 2 heterocycles. The maximum absolute atomic E-state index is 13.2. The van der Waals surface area contributed by atoms with E-state index in [-0.39, 0.29) is 11.8 Å². The molecular weight excluding hydrogens is 472 g/mol. The van der Waals surface area contributed by atoms with Crippen LogP contribution in [-0.4, -0.2) is 63.2 Å². The van der Waals surface area contributed by atoms with E-state index >= 15 is 0 Å². The molecule has 0 radical (unpaired) electrons. The Balaban J connectivity index is 1.44. The highest BCUT2D eigenvalue weighted by Gasteiger charge is 2.22. The van der Waals surface area contributed by atoms with Crippen LogP contribution >= 0.6 is 11.3 Å². The highest BCUT2D eigenvalue weighted by Crippen LogP contribution is 2.26. The van der Waals surface area contributed by atoms with Crippen molar-refractivity contribution in [1.82, 2.24) is 10.2 Å². The van der Waals surface area contributed by atoms with Crippen LogP contribution in [0.2, 0.25) is 0 Å². The van der Waals surface area contributed by atoms with Crippen molar-refractivity contribution in [3.05, 3.63) is 82.0 Å². The van der Waals surface area contributed by atoms with Crippen LogP contribution in [0.1, 0.15) is 27.2 Å². The maximum atomic E-state index is 13.2. The topological polar surface area (TPSA) is 73.9 Å². The largest absolute Gasteiger partial charge is 0.385 e. The fraction of sp³-hybridized carbons (Fsp3) is 0.357. The Labute approximate surface area is 217 Å². The minimum Gasteiger partial charge on any atom is -0.385 e. The minimum absolute atomic E-state index is 0.0915. The molecule has 0 unspecified atom stereocenters. The number of anilines is 2. The monoisotopic (exact) mass is 506 g/mol. The summed E-state index contributed by atoms with van der Waals surface area (Å²) in [6.07, 6.45) is 1.06. The fourth-order valence-corrected chi connectivity index (χ4v) is 5.05. The first-order chi connectivity index (χ1) is 17.6. The lowest BCUT2D eigenvalue weighted by Crippen LogP contribution is -2.46. The summed E-state index contributed by atoms with van der Waals surface area (Å²) >= 11 is 1.56. The van der Waals surface area contributed by atoms with Gasteiger partial charge in [-0.1, -0.05) is 36.4 Å². The van der Waals surface area contributed by atoms with Gasteiger partial charge in [0.2, 0.25) is 5.91 Å². The summed E-state index contributed by atoms with van der Waals surface area (Å²) in [5.74, 6) is -0.228. The zero-order valence-electron chi connectivity index (χ0n) is 20.7. The van der Waals surface area contributed by atoms with Crippen molar-refractivity contribution in [2.45, 2.75) is 19.4 Å². The molecule has 0 bridgehead atoms. The molecule has 4 rings (SSSR count). The lowest BCUT2D eigenvalue weighted by Gasteiger charge is -2.37. The molecule has 1 aromatic heterocycles. The predicted octanol–water partition coefficient (Wildman–Crippen LogP) is 4.02. The molecule has 8 heteroatoms. The number of piperazine rings is 1. The highest BCUT2D eigenvalue weighted by molar-refractivity contribution is 7.10. The molecular formula is C28H34N4O3S. The second-order valence-corrected chi connectivity index (χ2v) is 9.92. The van der Waals surface area contributed by atoms with Crippen LogP contribution in [0.4, 0.5) is 11.4 Å². The molecule has 3 aromatic rings. The second kappa shape index (κ2) is 13.2. The van der Waals surface area contributed by atoms with Gasteiger partial charge < -0.3 is 20.3 Å². The Kier molecular flexibility index (Phi) is 9.49. The number of amides is 2. The van der Waals surface area contributed by atoms with Crippen molar-refractivity contribution in [2.24, 2.45) is 0 Å². The lowest BCUT2D eigenvalue weighted by atomic mass is 10.1. The number of thiophene rings is 1. The molecule has 2 aromatic carbocycles. The van der Waals surface area contributed by atoms with E-state index in [2.05, 4.69) is 44.7 Å². The van der Waals surface area contributed by atoms with Gasteiger partial charge in [-0.3, -0.25) is 14.5 Å². The van der Waals surface area contributed by atoms with Gasteiger partial charge >= 0.3 is 0 Å². The van der Waals surface area contributed by atoms with E-state index in [4.69, 9.17) is 4.74 Å². The quantitative estimate of drug-likeness (QED) is 0.385. The van der Waals surface area contributed by atoms with Crippen molar-refractivity contribution in [3.8, 4) is 0 Å². The zero-order valence-corrected chi connectivity index (χ0v) is 21.6. The fourth-order valence-electron chi connectivity index (χ4n) is 4.35. The normalized spacial score (nSPS) is 14.0. The average Bonchev–Trinajstić information content (AvgIpc) is 3.40. The molecule has 1 aliphatic heterocycles. The molecule has 0 saturated carbocycles. The Morgan fingerprint density at radius 3 is 2.53 bits per heavy atom. The SMILES string of the molecule is COCCCNC(=O)c1cc(NC(=O)Cc2cccs2)ccc1N1CCN(Cc2ccccc2)CC1. The number of rotatable bonds is 11. The summed E-state index contributed by atoms with van der Waals surface area (Å²) < 4.78 is 5.10. The molecule has 2 amide bonds.